The highest BCUT2D eigenvalue weighted by molar-refractivity contribution is 4.67. The van der Waals surface area contributed by atoms with Crippen LogP contribution in [-0.2, 0) is 0 Å². The van der Waals surface area contributed by atoms with E-state index < -0.39 is 0 Å². The summed E-state index contributed by atoms with van der Waals surface area (Å²) in [5.41, 5.74) is 0. The first-order chi connectivity index (χ1) is 8.76. The summed E-state index contributed by atoms with van der Waals surface area (Å²) in [5.74, 6) is 0.0968. The van der Waals surface area contributed by atoms with Gasteiger partial charge in [-0.1, -0.05) is 71.6 Å². The van der Waals surface area contributed by atoms with Crippen molar-refractivity contribution >= 4 is 0 Å². The monoisotopic (exact) mass is 258 g/mol. The van der Waals surface area contributed by atoms with Crippen LogP contribution < -0.4 is 0 Å². The molecule has 2 nitrogen and oxygen atoms in total. The van der Waals surface area contributed by atoms with Crippen molar-refractivity contribution in [1.82, 2.24) is 0 Å². The molecule has 0 fully saturated rings. The van der Waals surface area contributed by atoms with Gasteiger partial charge in [-0.2, -0.15) is 0 Å². The summed E-state index contributed by atoms with van der Waals surface area (Å²) in [6.45, 7) is 4.48. The smallest absolute Gasteiger partial charge is 0.0590 e. The van der Waals surface area contributed by atoms with Crippen molar-refractivity contribution in [1.29, 1.82) is 0 Å². The molecule has 0 aliphatic heterocycles. The fraction of sp³-hybridized carbons (Fsp3) is 1.00. The van der Waals surface area contributed by atoms with Crippen LogP contribution in [-0.4, -0.2) is 22.9 Å². The van der Waals surface area contributed by atoms with Gasteiger partial charge >= 0.3 is 0 Å². The van der Waals surface area contributed by atoms with Crippen LogP contribution >= 0.6 is 0 Å². The Morgan fingerprint density at radius 2 is 1.28 bits per heavy atom. The zero-order valence-electron chi connectivity index (χ0n) is 12.5. The largest absolute Gasteiger partial charge is 0.396 e. The first kappa shape index (κ1) is 17.9. The van der Waals surface area contributed by atoms with Gasteiger partial charge in [-0.15, -0.1) is 0 Å². The summed E-state index contributed by atoms with van der Waals surface area (Å²) >= 11 is 0. The van der Waals surface area contributed by atoms with Crippen molar-refractivity contribution in [3.63, 3.8) is 0 Å². The van der Waals surface area contributed by atoms with Crippen molar-refractivity contribution in [2.45, 2.75) is 90.6 Å². The Kier molecular flexibility index (Phi) is 13.3. The summed E-state index contributed by atoms with van der Waals surface area (Å²) in [5, 5.41) is 19.1. The molecule has 0 saturated carbocycles. The number of rotatable bonds is 13. The topological polar surface area (TPSA) is 40.5 Å². The van der Waals surface area contributed by atoms with Crippen molar-refractivity contribution in [3.8, 4) is 0 Å². The second-order valence-electron chi connectivity index (χ2n) is 5.56. The van der Waals surface area contributed by atoms with E-state index in [9.17, 15) is 10.2 Å². The Balaban J connectivity index is 3.36. The molecule has 0 heterocycles. The number of aliphatic hydroxyl groups excluding tert-OH is 2. The number of hydrogen-bond acceptors (Lipinski definition) is 2. The predicted octanol–water partition coefficient (Wildman–Crippen LogP) is 4.29. The Morgan fingerprint density at radius 1 is 0.722 bits per heavy atom. The van der Waals surface area contributed by atoms with Crippen LogP contribution in [0.2, 0.25) is 0 Å². The number of hydrogen-bond donors (Lipinski definition) is 2. The maximum atomic E-state index is 9.95. The van der Waals surface area contributed by atoms with E-state index in [-0.39, 0.29) is 18.6 Å². The summed E-state index contributed by atoms with van der Waals surface area (Å²) in [7, 11) is 0. The van der Waals surface area contributed by atoms with E-state index in [1.807, 2.05) is 0 Å². The summed E-state index contributed by atoms with van der Waals surface area (Å²) in [4.78, 5) is 0. The predicted molar refractivity (Wildman–Crippen MR) is 78.7 cm³/mol. The maximum absolute atomic E-state index is 9.95. The van der Waals surface area contributed by atoms with E-state index in [1.165, 1.54) is 44.9 Å². The van der Waals surface area contributed by atoms with Gasteiger partial charge in [0.15, 0.2) is 0 Å². The lowest BCUT2D eigenvalue weighted by atomic mass is 9.93. The van der Waals surface area contributed by atoms with E-state index in [0.29, 0.717) is 0 Å². The van der Waals surface area contributed by atoms with E-state index >= 15 is 0 Å². The Hall–Kier alpha value is -0.0800. The SMILES string of the molecule is CCCCCCCCCCC(O)C(CO)CCC. The van der Waals surface area contributed by atoms with Crippen LogP contribution in [0.15, 0.2) is 0 Å². The molecule has 0 radical (unpaired) electrons. The highest BCUT2D eigenvalue weighted by Crippen LogP contribution is 2.17. The van der Waals surface area contributed by atoms with Crippen LogP contribution in [0.1, 0.15) is 84.5 Å². The number of unbranched alkanes of at least 4 members (excludes halogenated alkanes) is 7. The molecular formula is C16H34O2. The minimum absolute atomic E-state index is 0.0968. The molecular weight excluding hydrogens is 224 g/mol. The van der Waals surface area contributed by atoms with E-state index in [0.717, 1.165) is 25.7 Å². The lowest BCUT2D eigenvalue weighted by molar-refractivity contribution is 0.0539. The van der Waals surface area contributed by atoms with Gasteiger partial charge in [0.05, 0.1) is 6.10 Å². The second kappa shape index (κ2) is 13.4. The Labute approximate surface area is 114 Å². The molecule has 0 aromatic rings. The first-order valence-corrected chi connectivity index (χ1v) is 8.05. The molecule has 0 rings (SSSR count). The molecule has 0 spiro atoms. The van der Waals surface area contributed by atoms with Gasteiger partial charge in [-0.05, 0) is 12.8 Å². The fourth-order valence-electron chi connectivity index (χ4n) is 2.50. The standard InChI is InChI=1S/C16H34O2/c1-3-5-6-7-8-9-10-11-13-16(18)15(14-17)12-4-2/h15-18H,3-14H2,1-2H3. The summed E-state index contributed by atoms with van der Waals surface area (Å²) in [6, 6.07) is 0. The van der Waals surface area contributed by atoms with Crippen molar-refractivity contribution in [2.75, 3.05) is 6.61 Å². The normalized spacial score (nSPS) is 14.7. The van der Waals surface area contributed by atoms with Crippen LogP contribution in [0.25, 0.3) is 0 Å². The van der Waals surface area contributed by atoms with Gasteiger partial charge in [0, 0.05) is 12.5 Å². The average molecular weight is 258 g/mol. The molecule has 0 aromatic heterocycles. The van der Waals surface area contributed by atoms with Crippen LogP contribution in [0.3, 0.4) is 0 Å². The van der Waals surface area contributed by atoms with Crippen LogP contribution in [0.4, 0.5) is 0 Å². The molecule has 0 aromatic carbocycles. The van der Waals surface area contributed by atoms with E-state index in [4.69, 9.17) is 0 Å². The molecule has 0 bridgehead atoms. The third-order valence-corrected chi connectivity index (χ3v) is 3.79. The highest BCUT2D eigenvalue weighted by atomic mass is 16.3. The van der Waals surface area contributed by atoms with Crippen LogP contribution in [0, 0.1) is 5.92 Å². The Morgan fingerprint density at radius 3 is 1.78 bits per heavy atom. The van der Waals surface area contributed by atoms with Crippen molar-refractivity contribution in [2.24, 2.45) is 5.92 Å². The zero-order valence-corrected chi connectivity index (χ0v) is 12.5. The minimum atomic E-state index is -0.296. The van der Waals surface area contributed by atoms with Gasteiger partial charge in [0.1, 0.15) is 0 Å². The van der Waals surface area contributed by atoms with Gasteiger partial charge in [0.25, 0.3) is 0 Å². The summed E-state index contributed by atoms with van der Waals surface area (Å²) < 4.78 is 0. The molecule has 0 saturated heterocycles. The third kappa shape index (κ3) is 9.90. The minimum Gasteiger partial charge on any atom is -0.396 e. The lowest BCUT2D eigenvalue weighted by Gasteiger charge is -2.20. The average Bonchev–Trinajstić information content (AvgIpc) is 2.38. The molecule has 18 heavy (non-hydrogen) atoms. The van der Waals surface area contributed by atoms with Gasteiger partial charge in [0.2, 0.25) is 0 Å². The van der Waals surface area contributed by atoms with Crippen molar-refractivity contribution in [3.05, 3.63) is 0 Å². The second-order valence-corrected chi connectivity index (χ2v) is 5.56. The zero-order chi connectivity index (χ0) is 13.6. The maximum Gasteiger partial charge on any atom is 0.0590 e. The first-order valence-electron chi connectivity index (χ1n) is 8.05. The quantitative estimate of drug-likeness (QED) is 0.484. The molecule has 0 aliphatic carbocycles. The lowest BCUT2D eigenvalue weighted by Crippen LogP contribution is -2.23. The molecule has 2 atom stereocenters. The van der Waals surface area contributed by atoms with E-state index in [2.05, 4.69) is 13.8 Å². The number of aliphatic hydroxyl groups is 2. The molecule has 110 valence electrons. The van der Waals surface area contributed by atoms with Gasteiger partial charge in [-0.25, -0.2) is 0 Å². The Bertz CT molecular complexity index is 159. The van der Waals surface area contributed by atoms with Gasteiger partial charge < -0.3 is 10.2 Å². The molecule has 2 unspecified atom stereocenters. The fourth-order valence-corrected chi connectivity index (χ4v) is 2.50. The van der Waals surface area contributed by atoms with Gasteiger partial charge in [-0.3, -0.25) is 0 Å². The molecule has 2 heteroatoms. The molecule has 0 amide bonds. The molecule has 0 aliphatic rings. The molecule has 2 N–H and O–H groups in total. The summed E-state index contributed by atoms with van der Waals surface area (Å²) in [6.07, 6.45) is 12.9. The van der Waals surface area contributed by atoms with Crippen molar-refractivity contribution < 1.29 is 10.2 Å². The van der Waals surface area contributed by atoms with E-state index in [1.54, 1.807) is 0 Å². The highest BCUT2D eigenvalue weighted by Gasteiger charge is 2.16. The van der Waals surface area contributed by atoms with Crippen LogP contribution in [0.5, 0.6) is 0 Å². The third-order valence-electron chi connectivity index (χ3n) is 3.79.